The van der Waals surface area contributed by atoms with Crippen molar-refractivity contribution >= 4 is 33.9 Å². The number of carbonyl (C=O) groups is 3. The lowest BCUT2D eigenvalue weighted by molar-refractivity contribution is -0.145. The van der Waals surface area contributed by atoms with E-state index in [1.165, 1.54) is 7.11 Å². The standard InChI is InChI=1S/C27H27BrN2O5/c1-34-26(32)24(17-21-13-8-14-22(28)15-21)29-25(31)23(16-19-9-4-2-5-10-19)30-27(33)35-18-20-11-6-3-7-12-20/h2-15,23-24H,16-18H2,1H3,(H,29,31)(H,30,33)/t23-,24-/m0/s1. The normalized spacial score (nSPS) is 12.2. The van der Waals surface area contributed by atoms with Crippen molar-refractivity contribution in [1.29, 1.82) is 0 Å². The van der Waals surface area contributed by atoms with Gasteiger partial charge in [0.2, 0.25) is 5.91 Å². The number of carbonyl (C=O) groups excluding carboxylic acids is 3. The maximum absolute atomic E-state index is 13.2. The highest BCUT2D eigenvalue weighted by atomic mass is 79.9. The molecule has 0 radical (unpaired) electrons. The van der Waals surface area contributed by atoms with Gasteiger partial charge in [0.05, 0.1) is 7.11 Å². The molecule has 2 atom stereocenters. The second-order valence-corrected chi connectivity index (χ2v) is 8.78. The van der Waals surface area contributed by atoms with E-state index in [9.17, 15) is 14.4 Å². The van der Waals surface area contributed by atoms with E-state index in [1.807, 2.05) is 84.9 Å². The first-order valence-electron chi connectivity index (χ1n) is 11.1. The minimum absolute atomic E-state index is 0.0695. The molecule has 0 aliphatic heterocycles. The minimum Gasteiger partial charge on any atom is -0.467 e. The van der Waals surface area contributed by atoms with Crippen molar-refractivity contribution < 1.29 is 23.9 Å². The number of methoxy groups -OCH3 is 1. The molecule has 3 rings (SSSR count). The zero-order valence-corrected chi connectivity index (χ0v) is 20.9. The van der Waals surface area contributed by atoms with Crippen LogP contribution in [0.5, 0.6) is 0 Å². The maximum Gasteiger partial charge on any atom is 0.408 e. The van der Waals surface area contributed by atoms with Gasteiger partial charge in [-0.2, -0.15) is 0 Å². The number of alkyl carbamates (subject to hydrolysis) is 1. The molecule has 0 saturated carbocycles. The van der Waals surface area contributed by atoms with Crippen molar-refractivity contribution in [3.63, 3.8) is 0 Å². The van der Waals surface area contributed by atoms with Crippen LogP contribution in [0.4, 0.5) is 4.79 Å². The molecule has 3 aromatic rings. The van der Waals surface area contributed by atoms with Gasteiger partial charge in [-0.3, -0.25) is 4.79 Å². The second-order valence-electron chi connectivity index (χ2n) is 7.87. The van der Waals surface area contributed by atoms with Crippen LogP contribution in [-0.2, 0) is 38.5 Å². The molecule has 2 amide bonds. The smallest absolute Gasteiger partial charge is 0.408 e. The number of esters is 1. The summed E-state index contributed by atoms with van der Waals surface area (Å²) in [7, 11) is 1.27. The number of amides is 2. The van der Waals surface area contributed by atoms with E-state index in [2.05, 4.69) is 26.6 Å². The topological polar surface area (TPSA) is 93.7 Å². The molecule has 182 valence electrons. The molecule has 0 heterocycles. The van der Waals surface area contributed by atoms with Gasteiger partial charge in [-0.25, -0.2) is 9.59 Å². The van der Waals surface area contributed by atoms with Gasteiger partial charge < -0.3 is 20.1 Å². The van der Waals surface area contributed by atoms with Crippen molar-refractivity contribution in [2.24, 2.45) is 0 Å². The van der Waals surface area contributed by atoms with Gasteiger partial charge >= 0.3 is 12.1 Å². The molecule has 0 aliphatic rings. The zero-order chi connectivity index (χ0) is 25.0. The number of nitrogens with one attached hydrogen (secondary N) is 2. The van der Waals surface area contributed by atoms with Gasteiger partial charge in [0.15, 0.2) is 0 Å². The number of halogens is 1. The van der Waals surface area contributed by atoms with Crippen LogP contribution in [-0.4, -0.2) is 37.2 Å². The van der Waals surface area contributed by atoms with E-state index in [4.69, 9.17) is 9.47 Å². The zero-order valence-electron chi connectivity index (χ0n) is 19.3. The Morgan fingerprint density at radius 3 is 2.00 bits per heavy atom. The van der Waals surface area contributed by atoms with E-state index in [-0.39, 0.29) is 19.4 Å². The van der Waals surface area contributed by atoms with E-state index < -0.39 is 30.1 Å². The number of hydrogen-bond acceptors (Lipinski definition) is 5. The van der Waals surface area contributed by atoms with E-state index in [0.717, 1.165) is 21.2 Å². The van der Waals surface area contributed by atoms with Gasteiger partial charge in [-0.05, 0) is 28.8 Å². The fraction of sp³-hybridized carbons (Fsp3) is 0.222. The molecule has 0 spiro atoms. The second kappa shape index (κ2) is 13.3. The Hall–Kier alpha value is -3.65. The maximum atomic E-state index is 13.2. The first-order chi connectivity index (χ1) is 16.9. The molecule has 2 N–H and O–H groups in total. The molecule has 0 aromatic heterocycles. The molecule has 35 heavy (non-hydrogen) atoms. The fourth-order valence-corrected chi connectivity index (χ4v) is 3.92. The Morgan fingerprint density at radius 1 is 0.771 bits per heavy atom. The number of benzene rings is 3. The summed E-state index contributed by atoms with van der Waals surface area (Å²) >= 11 is 3.41. The van der Waals surface area contributed by atoms with Crippen LogP contribution in [0.15, 0.2) is 89.4 Å². The third kappa shape index (κ3) is 8.57. The number of rotatable bonds is 10. The molecule has 0 saturated heterocycles. The summed E-state index contributed by atoms with van der Waals surface area (Å²) in [5.74, 6) is -1.10. The molecule has 0 fully saturated rings. The van der Waals surface area contributed by atoms with Crippen LogP contribution in [0.2, 0.25) is 0 Å². The van der Waals surface area contributed by atoms with Crippen LogP contribution in [0.1, 0.15) is 16.7 Å². The van der Waals surface area contributed by atoms with Crippen LogP contribution in [0, 0.1) is 0 Å². The predicted octanol–water partition coefficient (Wildman–Crippen LogP) is 4.19. The Bertz CT molecular complexity index is 1120. The van der Waals surface area contributed by atoms with Crippen LogP contribution in [0.3, 0.4) is 0 Å². The van der Waals surface area contributed by atoms with Gasteiger partial charge in [-0.15, -0.1) is 0 Å². The Morgan fingerprint density at radius 2 is 1.37 bits per heavy atom. The molecule has 7 nitrogen and oxygen atoms in total. The van der Waals surface area contributed by atoms with Gasteiger partial charge in [0, 0.05) is 17.3 Å². The molecule has 8 heteroatoms. The van der Waals surface area contributed by atoms with E-state index in [1.54, 1.807) is 0 Å². The highest BCUT2D eigenvalue weighted by molar-refractivity contribution is 9.10. The molecule has 0 unspecified atom stereocenters. The summed E-state index contributed by atoms with van der Waals surface area (Å²) in [6.45, 7) is 0.0695. The Balaban J connectivity index is 1.71. The molecular formula is C27H27BrN2O5. The molecule has 3 aromatic carbocycles. The number of ether oxygens (including phenoxy) is 2. The first kappa shape index (κ1) is 26.0. The third-order valence-corrected chi connectivity index (χ3v) is 5.73. The average molecular weight is 539 g/mol. The molecule has 0 aliphatic carbocycles. The number of hydrogen-bond donors (Lipinski definition) is 2. The van der Waals surface area contributed by atoms with Gasteiger partial charge in [0.25, 0.3) is 0 Å². The monoisotopic (exact) mass is 538 g/mol. The summed E-state index contributed by atoms with van der Waals surface area (Å²) in [5.41, 5.74) is 2.51. The summed E-state index contributed by atoms with van der Waals surface area (Å²) in [5, 5.41) is 5.37. The van der Waals surface area contributed by atoms with E-state index >= 15 is 0 Å². The third-order valence-electron chi connectivity index (χ3n) is 5.24. The van der Waals surface area contributed by atoms with Crippen LogP contribution >= 0.6 is 15.9 Å². The van der Waals surface area contributed by atoms with Gasteiger partial charge in [0.1, 0.15) is 18.7 Å². The Kier molecular flexibility index (Phi) is 9.86. The lowest BCUT2D eigenvalue weighted by atomic mass is 10.0. The lowest BCUT2D eigenvalue weighted by Gasteiger charge is -2.22. The molecule has 0 bridgehead atoms. The molecular weight excluding hydrogens is 512 g/mol. The fourth-order valence-electron chi connectivity index (χ4n) is 3.47. The highest BCUT2D eigenvalue weighted by Gasteiger charge is 2.28. The quantitative estimate of drug-likeness (QED) is 0.377. The summed E-state index contributed by atoms with van der Waals surface area (Å²) < 4.78 is 11.1. The van der Waals surface area contributed by atoms with Crippen molar-refractivity contribution in [1.82, 2.24) is 10.6 Å². The minimum atomic E-state index is -0.963. The summed E-state index contributed by atoms with van der Waals surface area (Å²) in [6.07, 6.45) is -0.279. The predicted molar refractivity (Wildman–Crippen MR) is 135 cm³/mol. The summed E-state index contributed by atoms with van der Waals surface area (Å²) in [4.78, 5) is 38.2. The Labute approximate surface area is 213 Å². The van der Waals surface area contributed by atoms with Crippen molar-refractivity contribution in [2.75, 3.05) is 7.11 Å². The largest absolute Gasteiger partial charge is 0.467 e. The van der Waals surface area contributed by atoms with Crippen LogP contribution < -0.4 is 10.6 Å². The first-order valence-corrected chi connectivity index (χ1v) is 11.9. The van der Waals surface area contributed by atoms with E-state index in [0.29, 0.717) is 0 Å². The summed E-state index contributed by atoms with van der Waals surface area (Å²) in [6, 6.07) is 24.1. The van der Waals surface area contributed by atoms with Crippen molar-refractivity contribution in [2.45, 2.75) is 31.5 Å². The lowest BCUT2D eigenvalue weighted by Crippen LogP contribution is -2.53. The van der Waals surface area contributed by atoms with Crippen molar-refractivity contribution in [3.8, 4) is 0 Å². The van der Waals surface area contributed by atoms with Crippen LogP contribution in [0.25, 0.3) is 0 Å². The highest BCUT2D eigenvalue weighted by Crippen LogP contribution is 2.14. The SMILES string of the molecule is COC(=O)[C@H](Cc1cccc(Br)c1)NC(=O)[C@H](Cc1ccccc1)NC(=O)OCc1ccccc1. The average Bonchev–Trinajstić information content (AvgIpc) is 2.87. The van der Waals surface area contributed by atoms with Crippen molar-refractivity contribution in [3.05, 3.63) is 106 Å². The van der Waals surface area contributed by atoms with Gasteiger partial charge in [-0.1, -0.05) is 88.7 Å².